The number of nitrogens with zero attached hydrogens (tertiary/aromatic N) is 3. The summed E-state index contributed by atoms with van der Waals surface area (Å²) in [6.07, 6.45) is 0. The summed E-state index contributed by atoms with van der Waals surface area (Å²) in [5.74, 6) is -1.38. The maximum absolute atomic E-state index is 14.0. The van der Waals surface area contributed by atoms with Crippen molar-refractivity contribution in [2.75, 3.05) is 45.4 Å². The van der Waals surface area contributed by atoms with E-state index in [1.807, 2.05) is 6.07 Å². The van der Waals surface area contributed by atoms with Gasteiger partial charge in [0.05, 0.1) is 44.1 Å². The molecule has 41 heavy (non-hydrogen) atoms. The number of imide groups is 1. The molecule has 2 aromatic carbocycles. The maximum atomic E-state index is 14.0. The predicted molar refractivity (Wildman–Crippen MR) is 154 cm³/mol. The summed E-state index contributed by atoms with van der Waals surface area (Å²) in [6.45, 7) is 1.64. The Morgan fingerprint density at radius 3 is 2.39 bits per heavy atom. The van der Waals surface area contributed by atoms with Crippen LogP contribution in [0, 0.1) is 5.92 Å². The van der Waals surface area contributed by atoms with Crippen LogP contribution in [0.4, 0.5) is 5.69 Å². The molecule has 4 heterocycles. The lowest BCUT2D eigenvalue weighted by Gasteiger charge is -2.31. The molecule has 0 spiro atoms. The first-order valence-electron chi connectivity index (χ1n) is 12.9. The second kappa shape index (κ2) is 11.2. The Balaban J connectivity index is 1.46. The topological polar surface area (TPSA) is 107 Å². The fourth-order valence-corrected chi connectivity index (χ4v) is 8.45. The molecule has 2 fully saturated rings. The van der Waals surface area contributed by atoms with Crippen molar-refractivity contribution in [2.24, 2.45) is 5.92 Å². The number of carbonyl (C=O) groups is 3. The maximum Gasteiger partial charge on any atom is 0.308 e. The van der Waals surface area contributed by atoms with E-state index in [2.05, 4.69) is 0 Å². The number of benzene rings is 2. The average Bonchev–Trinajstić information content (AvgIpc) is 3.43. The number of aromatic nitrogens is 1. The number of carbonyl (C=O) groups excluding carboxylic acids is 3. The van der Waals surface area contributed by atoms with Gasteiger partial charge in [0, 0.05) is 28.9 Å². The average molecular weight is 616 g/mol. The van der Waals surface area contributed by atoms with Crippen LogP contribution < -0.4 is 19.2 Å². The molecule has 3 atom stereocenters. The first-order valence-corrected chi connectivity index (χ1v) is 15.0. The normalized spacial score (nSPS) is 22.0. The van der Waals surface area contributed by atoms with Gasteiger partial charge >= 0.3 is 4.87 Å². The molecule has 13 heteroatoms. The number of morpholine rings is 1. The van der Waals surface area contributed by atoms with Crippen LogP contribution >= 0.6 is 34.7 Å². The minimum absolute atomic E-state index is 0.156. The van der Waals surface area contributed by atoms with E-state index in [1.165, 1.54) is 35.4 Å². The van der Waals surface area contributed by atoms with Gasteiger partial charge < -0.3 is 19.1 Å². The molecule has 214 valence electrons. The fraction of sp³-hybridized carbons (Fsp3) is 0.357. The number of rotatable bonds is 6. The molecule has 0 aliphatic carbocycles. The van der Waals surface area contributed by atoms with E-state index in [4.69, 9.17) is 25.8 Å². The summed E-state index contributed by atoms with van der Waals surface area (Å²) in [5.41, 5.74) is 1.12. The zero-order valence-electron chi connectivity index (χ0n) is 22.2. The number of thiazole rings is 1. The third kappa shape index (κ3) is 4.82. The van der Waals surface area contributed by atoms with E-state index in [1.54, 1.807) is 41.3 Å². The summed E-state index contributed by atoms with van der Waals surface area (Å²) < 4.78 is 17.7. The van der Waals surface area contributed by atoms with Crippen molar-refractivity contribution in [1.29, 1.82) is 0 Å². The molecule has 6 rings (SSSR count). The Kier molecular flexibility index (Phi) is 7.58. The van der Waals surface area contributed by atoms with Crippen molar-refractivity contribution in [3.63, 3.8) is 0 Å². The molecule has 10 nitrogen and oxygen atoms in total. The van der Waals surface area contributed by atoms with Crippen molar-refractivity contribution < 1.29 is 28.6 Å². The Bertz CT molecular complexity index is 1580. The Labute approximate surface area is 248 Å². The highest BCUT2D eigenvalue weighted by Gasteiger charge is 2.57. The molecule has 0 bridgehead atoms. The van der Waals surface area contributed by atoms with Gasteiger partial charge in [0.25, 0.3) is 0 Å². The van der Waals surface area contributed by atoms with Crippen molar-refractivity contribution in [2.45, 2.75) is 22.7 Å². The van der Waals surface area contributed by atoms with Crippen molar-refractivity contribution >= 4 is 58.1 Å². The molecule has 2 unspecified atom stereocenters. The summed E-state index contributed by atoms with van der Waals surface area (Å²) in [5, 5.41) is 0.211. The minimum Gasteiger partial charge on any atom is -0.493 e. The predicted octanol–water partition coefficient (Wildman–Crippen LogP) is 3.24. The van der Waals surface area contributed by atoms with Crippen LogP contribution in [0.25, 0.3) is 0 Å². The van der Waals surface area contributed by atoms with Crippen LogP contribution in [0.1, 0.15) is 16.4 Å². The number of thioether (sulfide) groups is 1. The van der Waals surface area contributed by atoms with Crippen LogP contribution in [0.3, 0.4) is 0 Å². The van der Waals surface area contributed by atoms with Gasteiger partial charge in [0.2, 0.25) is 17.7 Å². The molecule has 3 amide bonds. The van der Waals surface area contributed by atoms with Gasteiger partial charge in [-0.05, 0) is 42.0 Å². The van der Waals surface area contributed by atoms with Crippen LogP contribution in [-0.4, -0.2) is 73.0 Å². The van der Waals surface area contributed by atoms with Gasteiger partial charge in [-0.2, -0.15) is 0 Å². The van der Waals surface area contributed by atoms with Gasteiger partial charge in [0.1, 0.15) is 11.8 Å². The van der Waals surface area contributed by atoms with Crippen LogP contribution in [0.5, 0.6) is 11.5 Å². The molecule has 0 radical (unpaired) electrons. The van der Waals surface area contributed by atoms with E-state index in [0.717, 1.165) is 11.3 Å². The van der Waals surface area contributed by atoms with E-state index in [9.17, 15) is 19.2 Å². The first-order chi connectivity index (χ1) is 19.8. The summed E-state index contributed by atoms with van der Waals surface area (Å²) in [4.78, 5) is 57.6. The van der Waals surface area contributed by atoms with Crippen molar-refractivity contribution in [3.05, 3.63) is 67.6 Å². The number of hydrogen-bond donors (Lipinski definition) is 0. The molecule has 0 N–H and O–H groups in total. The summed E-state index contributed by atoms with van der Waals surface area (Å²) in [7, 11) is 3.05. The van der Waals surface area contributed by atoms with Gasteiger partial charge in [0.15, 0.2) is 11.5 Å². The SMILES string of the molecule is COc1ccc([C@H]2c3sc(=O)n(CC(=O)N4CCOCC4)c3SC3C(=O)N(c4ccc(Cl)cc4)C(=O)C32)cc1OC. The number of anilines is 1. The lowest BCUT2D eigenvalue weighted by molar-refractivity contribution is -0.136. The molecular weight excluding hydrogens is 590 g/mol. The van der Waals surface area contributed by atoms with E-state index in [0.29, 0.717) is 64.0 Å². The second-order valence-corrected chi connectivity index (χ2v) is 12.3. The third-order valence-electron chi connectivity index (χ3n) is 7.56. The van der Waals surface area contributed by atoms with Gasteiger partial charge in [-0.25, -0.2) is 4.90 Å². The molecule has 2 saturated heterocycles. The molecule has 3 aliphatic rings. The Morgan fingerprint density at radius 1 is 1.00 bits per heavy atom. The smallest absolute Gasteiger partial charge is 0.308 e. The second-order valence-electron chi connectivity index (χ2n) is 9.76. The highest BCUT2D eigenvalue weighted by Crippen LogP contribution is 2.54. The molecule has 0 saturated carbocycles. The number of amides is 3. The van der Waals surface area contributed by atoms with Crippen molar-refractivity contribution in [3.8, 4) is 11.5 Å². The van der Waals surface area contributed by atoms with Crippen molar-refractivity contribution in [1.82, 2.24) is 9.47 Å². The van der Waals surface area contributed by atoms with Crippen LogP contribution in [0.2, 0.25) is 5.02 Å². The van der Waals surface area contributed by atoms with Crippen LogP contribution in [-0.2, 0) is 25.7 Å². The van der Waals surface area contributed by atoms with Gasteiger partial charge in [-0.3, -0.25) is 23.7 Å². The Morgan fingerprint density at radius 2 is 1.71 bits per heavy atom. The summed E-state index contributed by atoms with van der Waals surface area (Å²) in [6, 6.07) is 11.9. The lowest BCUT2D eigenvalue weighted by Crippen LogP contribution is -2.43. The standard InChI is InChI=1S/C28H26ClN3O7S2/c1-37-18-8-3-15(13-19(18)38-2)21-22-23(26(35)32(25(22)34)17-6-4-16(29)5-7-17)40-27-24(21)41-28(36)31(27)14-20(33)30-9-11-39-12-10-30/h3-8,13,21-23H,9-12,14H2,1-2H3/t21-,22?,23?/m1/s1. The highest BCUT2D eigenvalue weighted by molar-refractivity contribution is 8.00. The monoisotopic (exact) mass is 615 g/mol. The zero-order chi connectivity index (χ0) is 28.8. The third-order valence-corrected chi connectivity index (χ3v) is 10.4. The van der Waals surface area contributed by atoms with E-state index >= 15 is 0 Å². The molecule has 3 aliphatic heterocycles. The number of fused-ring (bicyclic) bond motifs is 2. The number of halogens is 1. The summed E-state index contributed by atoms with van der Waals surface area (Å²) >= 11 is 8.24. The first kappa shape index (κ1) is 27.8. The fourth-order valence-electron chi connectivity index (χ4n) is 5.55. The lowest BCUT2D eigenvalue weighted by atomic mass is 9.83. The van der Waals surface area contributed by atoms with E-state index in [-0.39, 0.29) is 29.1 Å². The molecule has 1 aromatic heterocycles. The Hall–Kier alpha value is -3.32. The highest BCUT2D eigenvalue weighted by atomic mass is 35.5. The van der Waals surface area contributed by atoms with Crippen LogP contribution in [0.15, 0.2) is 52.3 Å². The van der Waals surface area contributed by atoms with E-state index < -0.39 is 17.1 Å². The molecular formula is C28H26ClN3O7S2. The number of hydrogen-bond acceptors (Lipinski definition) is 9. The number of ether oxygens (including phenoxy) is 3. The molecule has 3 aromatic rings. The largest absolute Gasteiger partial charge is 0.493 e. The van der Waals surface area contributed by atoms with Gasteiger partial charge in [-0.1, -0.05) is 40.8 Å². The number of methoxy groups -OCH3 is 2. The van der Waals surface area contributed by atoms with Gasteiger partial charge in [-0.15, -0.1) is 0 Å². The minimum atomic E-state index is -0.803. The quantitative estimate of drug-likeness (QED) is 0.389. The zero-order valence-corrected chi connectivity index (χ0v) is 24.6.